The first kappa shape index (κ1) is 15.0. The molecule has 1 rings (SSSR count). The summed E-state index contributed by atoms with van der Waals surface area (Å²) in [6, 6.07) is 3.75. The highest BCUT2D eigenvalue weighted by atomic mass is 35.5. The number of hydrogen-bond donors (Lipinski definition) is 1. The Morgan fingerprint density at radius 1 is 1.16 bits per heavy atom. The Morgan fingerprint density at radius 2 is 1.84 bits per heavy atom. The maximum absolute atomic E-state index is 11.5. The fourth-order valence-electron chi connectivity index (χ4n) is 1.35. The number of aliphatic carboxylic acids is 1. The van der Waals surface area contributed by atoms with Gasteiger partial charge in [0.15, 0.2) is 0 Å². The number of anilines is 1. The molecule has 0 atom stereocenters. The van der Waals surface area contributed by atoms with Crippen LogP contribution in [0.5, 0.6) is 0 Å². The van der Waals surface area contributed by atoms with Gasteiger partial charge in [-0.25, -0.2) is 0 Å². The van der Waals surface area contributed by atoms with E-state index in [0.717, 1.165) is 0 Å². The zero-order chi connectivity index (χ0) is 14.4. The number of benzene rings is 1. The van der Waals surface area contributed by atoms with E-state index in [1.165, 1.54) is 18.2 Å². The van der Waals surface area contributed by atoms with Crippen LogP contribution in [0.4, 0.5) is 5.69 Å². The summed E-state index contributed by atoms with van der Waals surface area (Å²) in [6.07, 6.45) is -0.119. The fraction of sp³-hybridized carbons (Fsp3) is 0.250. The molecule has 0 saturated carbocycles. The number of hydrogen-bond acceptors (Lipinski definition) is 5. The molecule has 0 aromatic heterocycles. The van der Waals surface area contributed by atoms with Crippen LogP contribution >= 0.6 is 11.6 Å². The lowest BCUT2D eigenvalue weighted by Gasteiger charge is -2.10. The highest BCUT2D eigenvalue weighted by Gasteiger charge is 2.07. The molecule has 0 bridgehead atoms. The van der Waals surface area contributed by atoms with Crippen LogP contribution in [-0.4, -0.2) is 17.8 Å². The van der Waals surface area contributed by atoms with E-state index in [9.17, 15) is 24.6 Å². The van der Waals surface area contributed by atoms with Crippen molar-refractivity contribution in [3.63, 3.8) is 0 Å². The second kappa shape index (κ2) is 6.75. The third-order valence-corrected chi connectivity index (χ3v) is 2.59. The lowest BCUT2D eigenvalue weighted by Crippen LogP contribution is -2.23. The Labute approximate surface area is 114 Å². The van der Waals surface area contributed by atoms with E-state index in [0.29, 0.717) is 0 Å². The second-order valence-corrected chi connectivity index (χ2v) is 4.16. The normalized spacial score (nSPS) is 9.95. The summed E-state index contributed by atoms with van der Waals surface area (Å²) in [5.74, 6) is -3.08. The summed E-state index contributed by atoms with van der Waals surface area (Å²) in [5, 5.41) is 23.4. The van der Waals surface area contributed by atoms with Gasteiger partial charge in [-0.1, -0.05) is 17.7 Å². The molecule has 0 aliphatic heterocycles. The second-order valence-electron chi connectivity index (χ2n) is 3.76. The van der Waals surface area contributed by atoms with Crippen LogP contribution in [0.3, 0.4) is 0 Å². The summed E-state index contributed by atoms with van der Waals surface area (Å²) < 4.78 is 0. The maximum atomic E-state index is 11.5. The highest BCUT2D eigenvalue weighted by molar-refractivity contribution is 6.33. The predicted molar refractivity (Wildman–Crippen MR) is 63.3 cm³/mol. The SMILES string of the molecule is O=C([O-])CCCC(=O)Nc1cc(C(=O)[O-])ccc1Cl. The van der Waals surface area contributed by atoms with Gasteiger partial charge in [-0.15, -0.1) is 0 Å². The van der Waals surface area contributed by atoms with Crippen LogP contribution in [0.15, 0.2) is 18.2 Å². The smallest absolute Gasteiger partial charge is 0.224 e. The average molecular weight is 284 g/mol. The monoisotopic (exact) mass is 283 g/mol. The number of halogens is 1. The van der Waals surface area contributed by atoms with Gasteiger partial charge in [0.1, 0.15) is 0 Å². The van der Waals surface area contributed by atoms with Crippen molar-refractivity contribution in [2.45, 2.75) is 19.3 Å². The minimum atomic E-state index is -1.39. The Bertz CT molecular complexity index is 515. The van der Waals surface area contributed by atoms with E-state index in [2.05, 4.69) is 5.32 Å². The third-order valence-electron chi connectivity index (χ3n) is 2.26. The van der Waals surface area contributed by atoms with Gasteiger partial charge >= 0.3 is 0 Å². The van der Waals surface area contributed by atoms with Crippen molar-refractivity contribution in [2.75, 3.05) is 5.32 Å². The van der Waals surface area contributed by atoms with Gasteiger partial charge in [-0.2, -0.15) is 0 Å². The highest BCUT2D eigenvalue weighted by Crippen LogP contribution is 2.23. The molecule has 0 saturated heterocycles. The molecule has 6 nitrogen and oxygen atoms in total. The molecule has 0 spiro atoms. The van der Waals surface area contributed by atoms with Crippen LogP contribution in [0, 0.1) is 0 Å². The fourth-order valence-corrected chi connectivity index (χ4v) is 1.52. The van der Waals surface area contributed by atoms with E-state index < -0.39 is 17.8 Å². The summed E-state index contributed by atoms with van der Waals surface area (Å²) in [6.45, 7) is 0. The molecule has 102 valence electrons. The number of carboxylic acids is 2. The summed E-state index contributed by atoms with van der Waals surface area (Å²) in [7, 11) is 0. The molecule has 0 aliphatic carbocycles. The summed E-state index contributed by atoms with van der Waals surface area (Å²) >= 11 is 5.80. The maximum Gasteiger partial charge on any atom is 0.224 e. The number of rotatable bonds is 6. The molecule has 19 heavy (non-hydrogen) atoms. The first-order valence-electron chi connectivity index (χ1n) is 5.40. The zero-order valence-electron chi connectivity index (χ0n) is 9.77. The largest absolute Gasteiger partial charge is 0.550 e. The van der Waals surface area contributed by atoms with E-state index in [1.54, 1.807) is 0 Å². The molecule has 0 unspecified atom stereocenters. The third kappa shape index (κ3) is 4.97. The first-order valence-corrected chi connectivity index (χ1v) is 5.78. The Morgan fingerprint density at radius 3 is 2.42 bits per heavy atom. The van der Waals surface area contributed by atoms with Crippen molar-refractivity contribution in [1.82, 2.24) is 0 Å². The van der Waals surface area contributed by atoms with Crippen LogP contribution < -0.4 is 15.5 Å². The first-order chi connectivity index (χ1) is 8.90. The number of carbonyl (C=O) groups is 3. The van der Waals surface area contributed by atoms with Gasteiger partial charge in [0.05, 0.1) is 16.7 Å². The Balaban J connectivity index is 2.65. The van der Waals surface area contributed by atoms with Crippen LogP contribution in [0.1, 0.15) is 29.6 Å². The van der Waals surface area contributed by atoms with Crippen LogP contribution in [0.25, 0.3) is 0 Å². The van der Waals surface area contributed by atoms with E-state index in [-0.39, 0.29) is 35.5 Å². The molecule has 1 aromatic carbocycles. The quantitative estimate of drug-likeness (QED) is 0.761. The van der Waals surface area contributed by atoms with Gasteiger partial charge in [0, 0.05) is 12.4 Å². The Hall–Kier alpha value is -2.08. The van der Waals surface area contributed by atoms with Gasteiger partial charge < -0.3 is 25.1 Å². The van der Waals surface area contributed by atoms with E-state index in [4.69, 9.17) is 11.6 Å². The van der Waals surface area contributed by atoms with Crippen molar-refractivity contribution >= 4 is 35.1 Å². The van der Waals surface area contributed by atoms with Gasteiger partial charge in [0.2, 0.25) is 5.91 Å². The lowest BCUT2D eigenvalue weighted by atomic mass is 10.2. The lowest BCUT2D eigenvalue weighted by molar-refractivity contribution is -0.305. The summed E-state index contributed by atoms with van der Waals surface area (Å²) in [4.78, 5) is 32.3. The standard InChI is InChI=1S/C12H12ClNO5/c13-8-5-4-7(12(18)19)6-9(8)14-10(15)2-1-3-11(16)17/h4-6H,1-3H2,(H,14,15)(H,16,17)(H,18,19)/p-2. The number of nitrogens with one attached hydrogen (secondary N) is 1. The summed E-state index contributed by atoms with van der Waals surface area (Å²) in [5.41, 5.74) is 0.0243. The molecule has 0 aliphatic rings. The molecule has 1 N–H and O–H groups in total. The molecule has 7 heteroatoms. The predicted octanol–water partition coefficient (Wildman–Crippen LogP) is -0.438. The molecule has 1 amide bonds. The van der Waals surface area contributed by atoms with Crippen molar-refractivity contribution in [2.24, 2.45) is 0 Å². The molecular weight excluding hydrogens is 274 g/mol. The molecule has 0 radical (unpaired) electrons. The number of carboxylic acid groups (broad SMARTS) is 2. The van der Waals surface area contributed by atoms with E-state index in [1.807, 2.05) is 0 Å². The Kier molecular flexibility index (Phi) is 5.32. The molecule has 1 aromatic rings. The average Bonchev–Trinajstić information content (AvgIpc) is 2.31. The van der Waals surface area contributed by atoms with Crippen molar-refractivity contribution in [3.8, 4) is 0 Å². The van der Waals surface area contributed by atoms with Crippen molar-refractivity contribution < 1.29 is 24.6 Å². The van der Waals surface area contributed by atoms with Crippen molar-refractivity contribution in [1.29, 1.82) is 0 Å². The van der Waals surface area contributed by atoms with Crippen LogP contribution in [0.2, 0.25) is 5.02 Å². The molecule has 0 fully saturated rings. The zero-order valence-corrected chi connectivity index (χ0v) is 10.5. The molecule has 0 heterocycles. The number of amides is 1. The minimum Gasteiger partial charge on any atom is -0.550 e. The molecular formula is C12H10ClNO5-2. The van der Waals surface area contributed by atoms with Crippen LogP contribution in [-0.2, 0) is 9.59 Å². The van der Waals surface area contributed by atoms with Gasteiger partial charge in [-0.05, 0) is 30.5 Å². The van der Waals surface area contributed by atoms with Gasteiger partial charge in [-0.3, -0.25) is 4.79 Å². The van der Waals surface area contributed by atoms with E-state index >= 15 is 0 Å². The number of carbonyl (C=O) groups excluding carboxylic acids is 3. The number of aromatic carboxylic acids is 1. The van der Waals surface area contributed by atoms with Crippen molar-refractivity contribution in [3.05, 3.63) is 28.8 Å². The van der Waals surface area contributed by atoms with Gasteiger partial charge in [0.25, 0.3) is 0 Å². The topological polar surface area (TPSA) is 109 Å². The minimum absolute atomic E-state index is 0.0279.